The molecule has 0 bridgehead atoms. The fourth-order valence-corrected chi connectivity index (χ4v) is 5.85. The van der Waals surface area contributed by atoms with Gasteiger partial charge in [0.15, 0.2) is 17.8 Å². The maximum Gasteiger partial charge on any atom is 0.276 e. The van der Waals surface area contributed by atoms with Crippen LogP contribution in [-0.2, 0) is 0 Å². The van der Waals surface area contributed by atoms with Crippen molar-refractivity contribution >= 4 is 34.5 Å². The van der Waals surface area contributed by atoms with E-state index in [4.69, 9.17) is 21.0 Å². The maximum atomic E-state index is 13.2. The zero-order valence-electron chi connectivity index (χ0n) is 20.5. The van der Waals surface area contributed by atoms with Crippen LogP contribution in [0.15, 0.2) is 64.7 Å². The third-order valence-corrected chi connectivity index (χ3v) is 8.08. The average molecular weight is 521 g/mol. The number of nitrogens with zero attached hydrogens (tertiary/aromatic N) is 4. The molecule has 36 heavy (non-hydrogen) atoms. The van der Waals surface area contributed by atoms with Crippen LogP contribution in [0.4, 0.5) is 5.69 Å². The first-order chi connectivity index (χ1) is 17.6. The van der Waals surface area contributed by atoms with Crippen molar-refractivity contribution in [1.29, 1.82) is 0 Å². The first kappa shape index (κ1) is 24.5. The molecule has 1 fully saturated rings. The van der Waals surface area contributed by atoms with Gasteiger partial charge < -0.3 is 14.2 Å². The second-order valence-corrected chi connectivity index (χ2v) is 10.2. The highest BCUT2D eigenvalue weighted by molar-refractivity contribution is 7.10. The normalized spacial score (nSPS) is 14.2. The average Bonchev–Trinajstić information content (AvgIpc) is 3.61. The molecule has 3 heterocycles. The molecule has 1 saturated heterocycles. The van der Waals surface area contributed by atoms with Crippen LogP contribution in [-0.4, -0.2) is 47.0 Å². The second-order valence-electron chi connectivity index (χ2n) is 8.89. The minimum atomic E-state index is -0.0970. The summed E-state index contributed by atoms with van der Waals surface area (Å²) in [5.74, 6) is 0.742. The minimum Gasteiger partial charge on any atom is -0.443 e. The predicted octanol–water partition coefficient (Wildman–Crippen LogP) is 6.98. The molecule has 0 N–H and O–H groups in total. The number of carbonyl (C=O) groups excluding carboxylic acids is 1. The summed E-state index contributed by atoms with van der Waals surface area (Å²) in [5, 5.41) is 3.93. The molecule has 0 spiro atoms. The Labute approximate surface area is 220 Å². The zero-order valence-corrected chi connectivity index (χ0v) is 22.1. The SMILES string of the molecule is CCN(CC)c1ccc(-c2csc(C3CCN(C(=O)c4ncoc4-c4ccc(Cl)cc4)CC3)n2)cc1. The summed E-state index contributed by atoms with van der Waals surface area (Å²) in [5.41, 5.74) is 4.54. The van der Waals surface area contributed by atoms with Crippen LogP contribution < -0.4 is 4.90 Å². The van der Waals surface area contributed by atoms with Crippen molar-refractivity contribution in [3.8, 4) is 22.6 Å². The van der Waals surface area contributed by atoms with Gasteiger partial charge in [0.05, 0.1) is 10.7 Å². The summed E-state index contributed by atoms with van der Waals surface area (Å²) in [4.78, 5) is 26.6. The summed E-state index contributed by atoms with van der Waals surface area (Å²) in [7, 11) is 0. The molecule has 5 rings (SSSR count). The van der Waals surface area contributed by atoms with Crippen molar-refractivity contribution in [2.75, 3.05) is 31.1 Å². The van der Waals surface area contributed by atoms with E-state index < -0.39 is 0 Å². The molecule has 1 aliphatic rings. The van der Waals surface area contributed by atoms with Crippen LogP contribution in [0.5, 0.6) is 0 Å². The van der Waals surface area contributed by atoms with E-state index in [9.17, 15) is 4.79 Å². The molecular weight excluding hydrogens is 492 g/mol. The molecule has 2 aromatic heterocycles. The Kier molecular flexibility index (Phi) is 7.39. The van der Waals surface area contributed by atoms with Crippen LogP contribution in [0.3, 0.4) is 0 Å². The number of benzene rings is 2. The second kappa shape index (κ2) is 10.8. The number of halogens is 1. The van der Waals surface area contributed by atoms with Gasteiger partial charge in [-0.3, -0.25) is 4.79 Å². The molecule has 8 heteroatoms. The Morgan fingerprint density at radius 1 is 1.06 bits per heavy atom. The topological polar surface area (TPSA) is 62.5 Å². The van der Waals surface area contributed by atoms with Crippen LogP contribution in [0, 0.1) is 0 Å². The van der Waals surface area contributed by atoms with E-state index >= 15 is 0 Å². The van der Waals surface area contributed by atoms with Crippen LogP contribution >= 0.6 is 22.9 Å². The van der Waals surface area contributed by atoms with Crippen LogP contribution in [0.2, 0.25) is 5.02 Å². The minimum absolute atomic E-state index is 0.0970. The smallest absolute Gasteiger partial charge is 0.276 e. The van der Waals surface area contributed by atoms with Crippen molar-refractivity contribution in [2.24, 2.45) is 0 Å². The van der Waals surface area contributed by atoms with E-state index in [2.05, 4.69) is 53.4 Å². The van der Waals surface area contributed by atoms with E-state index in [-0.39, 0.29) is 5.91 Å². The van der Waals surface area contributed by atoms with Gasteiger partial charge in [0.25, 0.3) is 5.91 Å². The lowest BCUT2D eigenvalue weighted by Gasteiger charge is -2.30. The maximum absolute atomic E-state index is 13.2. The summed E-state index contributed by atoms with van der Waals surface area (Å²) in [6, 6.07) is 15.9. The van der Waals surface area contributed by atoms with Crippen molar-refractivity contribution in [2.45, 2.75) is 32.6 Å². The first-order valence-electron chi connectivity index (χ1n) is 12.4. The van der Waals surface area contributed by atoms with Gasteiger partial charge in [0.2, 0.25) is 0 Å². The van der Waals surface area contributed by atoms with Crippen molar-refractivity contribution in [1.82, 2.24) is 14.9 Å². The predicted molar refractivity (Wildman–Crippen MR) is 146 cm³/mol. The summed E-state index contributed by atoms with van der Waals surface area (Å²) in [6.07, 6.45) is 3.09. The molecule has 0 aliphatic carbocycles. The Bertz CT molecular complexity index is 1300. The van der Waals surface area contributed by atoms with E-state index in [1.165, 1.54) is 12.1 Å². The number of hydrogen-bond donors (Lipinski definition) is 0. The Balaban J connectivity index is 1.23. The number of rotatable bonds is 7. The van der Waals surface area contributed by atoms with Crippen molar-refractivity contribution in [3.05, 3.63) is 76.0 Å². The lowest BCUT2D eigenvalue weighted by atomic mass is 9.97. The van der Waals surface area contributed by atoms with E-state index in [0.29, 0.717) is 35.5 Å². The fraction of sp³-hybridized carbons (Fsp3) is 0.321. The van der Waals surface area contributed by atoms with Gasteiger partial charge in [0.1, 0.15) is 0 Å². The third-order valence-electron chi connectivity index (χ3n) is 6.82. The summed E-state index contributed by atoms with van der Waals surface area (Å²) in [6.45, 7) is 7.68. The molecular formula is C28H29ClN4O2S. The third kappa shape index (κ3) is 5.04. The summed E-state index contributed by atoms with van der Waals surface area (Å²) < 4.78 is 5.56. The van der Waals surface area contributed by atoms with E-state index in [1.54, 1.807) is 23.5 Å². The number of oxazole rings is 1. The Hall–Kier alpha value is -3.16. The summed E-state index contributed by atoms with van der Waals surface area (Å²) >= 11 is 7.71. The molecule has 0 atom stereocenters. The molecule has 0 unspecified atom stereocenters. The molecule has 0 saturated carbocycles. The largest absolute Gasteiger partial charge is 0.443 e. The van der Waals surface area contributed by atoms with Gasteiger partial charge in [-0.15, -0.1) is 11.3 Å². The van der Waals surface area contributed by atoms with Gasteiger partial charge in [-0.25, -0.2) is 9.97 Å². The number of piperidine rings is 1. The van der Waals surface area contributed by atoms with Crippen molar-refractivity contribution in [3.63, 3.8) is 0 Å². The van der Waals surface area contributed by atoms with Crippen LogP contribution in [0.1, 0.15) is 48.1 Å². The van der Waals surface area contributed by atoms with Crippen LogP contribution in [0.25, 0.3) is 22.6 Å². The van der Waals surface area contributed by atoms with Gasteiger partial charge in [-0.2, -0.15) is 0 Å². The quantitative estimate of drug-likeness (QED) is 0.263. The monoisotopic (exact) mass is 520 g/mol. The molecule has 0 radical (unpaired) electrons. The fourth-order valence-electron chi connectivity index (χ4n) is 4.72. The highest BCUT2D eigenvalue weighted by Gasteiger charge is 2.29. The molecule has 2 aromatic carbocycles. The lowest BCUT2D eigenvalue weighted by molar-refractivity contribution is 0.0708. The zero-order chi connectivity index (χ0) is 25.1. The van der Waals surface area contributed by atoms with Gasteiger partial charge in [-0.1, -0.05) is 23.7 Å². The number of likely N-dealkylation sites (tertiary alicyclic amines) is 1. The number of aromatic nitrogens is 2. The van der Waals surface area contributed by atoms with E-state index in [1.807, 2.05) is 17.0 Å². The lowest BCUT2D eigenvalue weighted by Crippen LogP contribution is -2.38. The van der Waals surface area contributed by atoms with Gasteiger partial charge in [-0.05, 0) is 63.1 Å². The number of thiazole rings is 1. The molecule has 4 aromatic rings. The van der Waals surface area contributed by atoms with Crippen molar-refractivity contribution < 1.29 is 9.21 Å². The Morgan fingerprint density at radius 3 is 2.39 bits per heavy atom. The first-order valence-corrected chi connectivity index (χ1v) is 13.6. The molecule has 1 amide bonds. The number of carbonyl (C=O) groups is 1. The van der Waals surface area contributed by atoms with Gasteiger partial charge >= 0.3 is 0 Å². The molecule has 6 nitrogen and oxygen atoms in total. The molecule has 1 aliphatic heterocycles. The highest BCUT2D eigenvalue weighted by atomic mass is 35.5. The Morgan fingerprint density at radius 2 is 1.72 bits per heavy atom. The van der Waals surface area contributed by atoms with E-state index in [0.717, 1.165) is 47.8 Å². The number of hydrogen-bond acceptors (Lipinski definition) is 6. The number of anilines is 1. The standard InChI is InChI=1S/C28H29ClN4O2S/c1-3-32(4-2)23-11-7-19(8-12-23)24-17-36-27(31-24)21-13-15-33(16-14-21)28(34)25-26(35-18-30-25)20-5-9-22(29)10-6-20/h5-12,17-18,21H,3-4,13-16H2,1-2H3. The highest BCUT2D eigenvalue weighted by Crippen LogP contribution is 2.34. The number of amides is 1. The molecule has 186 valence electrons. The van der Waals surface area contributed by atoms with Gasteiger partial charge in [0, 0.05) is 59.3 Å².